The number of fused-ring (bicyclic) bond motifs is 2. The van der Waals surface area contributed by atoms with Crippen LogP contribution in [-0.2, 0) is 13.1 Å². The van der Waals surface area contributed by atoms with Crippen LogP contribution in [0.1, 0.15) is 43.2 Å². The summed E-state index contributed by atoms with van der Waals surface area (Å²) in [5.74, 6) is 0.0291. The number of hydrogen-bond donors (Lipinski definition) is 0. The normalized spacial score (nSPS) is 15.3. The number of benzene rings is 3. The molecule has 0 atom stereocenters. The van der Waals surface area contributed by atoms with Gasteiger partial charge in [-0.25, -0.2) is 0 Å². The molecular weight excluding hydrogens is 534 g/mol. The molecule has 43 heavy (non-hydrogen) atoms. The highest BCUT2D eigenvalue weighted by molar-refractivity contribution is 6.07. The predicted octanol–water partition coefficient (Wildman–Crippen LogP) is 5.30. The molecule has 0 spiro atoms. The number of rotatable bonds is 6. The number of piperazine rings is 1. The van der Waals surface area contributed by atoms with E-state index in [4.69, 9.17) is 0 Å². The third-order valence-corrected chi connectivity index (χ3v) is 8.90. The van der Waals surface area contributed by atoms with Crippen molar-refractivity contribution >= 4 is 17.5 Å². The zero-order valence-corrected chi connectivity index (χ0v) is 25.7. The number of amides is 2. The van der Waals surface area contributed by atoms with Crippen LogP contribution in [0.25, 0.3) is 11.1 Å². The van der Waals surface area contributed by atoms with Gasteiger partial charge in [-0.15, -0.1) is 0 Å². The number of para-hydroxylation sites is 1. The largest absolute Gasteiger partial charge is 0.335 e. The number of carbonyl (C=O) groups is 2. The first-order chi connectivity index (χ1) is 20.8. The van der Waals surface area contributed by atoms with Crippen molar-refractivity contribution in [3.05, 3.63) is 113 Å². The van der Waals surface area contributed by atoms with Gasteiger partial charge in [0, 0.05) is 56.2 Å². The van der Waals surface area contributed by atoms with Crippen molar-refractivity contribution in [1.29, 1.82) is 0 Å². The van der Waals surface area contributed by atoms with Gasteiger partial charge in [-0.1, -0.05) is 48.5 Å². The maximum atomic E-state index is 14.1. The minimum absolute atomic E-state index is 0.0387. The molecule has 2 aliphatic rings. The van der Waals surface area contributed by atoms with Gasteiger partial charge in [0.15, 0.2) is 0 Å². The molecule has 1 fully saturated rings. The Morgan fingerprint density at radius 2 is 1.47 bits per heavy atom. The number of likely N-dealkylation sites (N-methyl/N-ethyl adjacent to an activating group) is 1. The summed E-state index contributed by atoms with van der Waals surface area (Å²) < 4.78 is 2.11. The van der Waals surface area contributed by atoms with Crippen molar-refractivity contribution in [2.24, 2.45) is 0 Å². The number of carbonyl (C=O) groups excluding carboxylic acids is 2. The van der Waals surface area contributed by atoms with Gasteiger partial charge in [-0.05, 0) is 86.1 Å². The van der Waals surface area contributed by atoms with E-state index in [-0.39, 0.29) is 11.8 Å². The average molecular weight is 576 g/mol. The molecule has 0 saturated carbocycles. The molecule has 7 heteroatoms. The minimum Gasteiger partial charge on any atom is -0.335 e. The molecule has 222 valence electrons. The number of anilines is 1. The molecule has 1 aromatic heterocycles. The molecule has 0 bridgehead atoms. The molecular formula is C36H41N5O2. The quantitative estimate of drug-likeness (QED) is 0.313. The molecule has 6 rings (SSSR count). The van der Waals surface area contributed by atoms with Crippen LogP contribution < -0.4 is 4.90 Å². The number of aromatic nitrogens is 1. The summed E-state index contributed by atoms with van der Waals surface area (Å²) in [6.07, 6.45) is 0. The van der Waals surface area contributed by atoms with Gasteiger partial charge in [-0.2, -0.15) is 0 Å². The number of hydrogen-bond acceptors (Lipinski definition) is 4. The lowest BCUT2D eigenvalue weighted by molar-refractivity contribution is 0.0619. The standard InChI is InChI=1S/C36H41N5O2/c1-26-9-5-7-11-31(26)32-15-13-28(23-27(32)2)35(42)41-25-30-14-16-34(40(30)24-29-10-6-8-12-33(29)41)36(43)39-21-19-38(20-22-39)18-17-37(3)4/h5-16,23H,17-22,24-25H2,1-4H3. The second kappa shape index (κ2) is 12.2. The van der Waals surface area contributed by atoms with Crippen molar-refractivity contribution in [3.63, 3.8) is 0 Å². The third kappa shape index (κ3) is 5.88. The molecule has 0 radical (unpaired) electrons. The zero-order chi connectivity index (χ0) is 30.1. The van der Waals surface area contributed by atoms with Gasteiger partial charge in [-0.3, -0.25) is 14.5 Å². The van der Waals surface area contributed by atoms with E-state index in [1.54, 1.807) is 0 Å². The summed E-state index contributed by atoms with van der Waals surface area (Å²) in [5.41, 5.74) is 8.85. The second-order valence-corrected chi connectivity index (χ2v) is 12.1. The molecule has 0 aliphatic carbocycles. The van der Waals surface area contributed by atoms with Crippen LogP contribution in [0.2, 0.25) is 0 Å². The van der Waals surface area contributed by atoms with Crippen LogP contribution in [0.5, 0.6) is 0 Å². The van der Waals surface area contributed by atoms with E-state index in [1.165, 1.54) is 11.1 Å². The lowest BCUT2D eigenvalue weighted by atomic mass is 9.95. The first kappa shape index (κ1) is 28.9. The predicted molar refractivity (Wildman–Crippen MR) is 173 cm³/mol. The zero-order valence-electron chi connectivity index (χ0n) is 25.7. The summed E-state index contributed by atoms with van der Waals surface area (Å²) in [5, 5.41) is 0. The third-order valence-electron chi connectivity index (χ3n) is 8.90. The van der Waals surface area contributed by atoms with Gasteiger partial charge in [0.05, 0.1) is 13.1 Å². The van der Waals surface area contributed by atoms with E-state index in [0.717, 1.165) is 67.3 Å². The van der Waals surface area contributed by atoms with Gasteiger partial charge in [0.1, 0.15) is 5.69 Å². The molecule has 0 unspecified atom stereocenters. The Morgan fingerprint density at radius 1 is 0.744 bits per heavy atom. The summed E-state index contributed by atoms with van der Waals surface area (Å²) in [6.45, 7) is 10.4. The highest BCUT2D eigenvalue weighted by Gasteiger charge is 2.30. The first-order valence-electron chi connectivity index (χ1n) is 15.2. The van der Waals surface area contributed by atoms with Crippen LogP contribution in [0, 0.1) is 13.8 Å². The molecule has 1 saturated heterocycles. The molecule has 3 aromatic carbocycles. The fourth-order valence-corrected chi connectivity index (χ4v) is 6.34. The minimum atomic E-state index is -0.0387. The highest BCUT2D eigenvalue weighted by Crippen LogP contribution is 2.32. The fourth-order valence-electron chi connectivity index (χ4n) is 6.34. The van der Waals surface area contributed by atoms with E-state index < -0.39 is 0 Å². The Hall–Kier alpha value is -4.20. The summed E-state index contributed by atoms with van der Waals surface area (Å²) in [6, 6.07) is 26.4. The Kier molecular flexibility index (Phi) is 8.19. The van der Waals surface area contributed by atoms with Crippen molar-refractivity contribution in [1.82, 2.24) is 19.3 Å². The molecule has 0 N–H and O–H groups in total. The summed E-state index contributed by atoms with van der Waals surface area (Å²) in [7, 11) is 4.18. The van der Waals surface area contributed by atoms with Gasteiger partial charge < -0.3 is 19.3 Å². The Bertz CT molecular complexity index is 1650. The monoisotopic (exact) mass is 575 g/mol. The van der Waals surface area contributed by atoms with E-state index in [1.807, 2.05) is 58.3 Å². The SMILES string of the molecule is Cc1ccccc1-c1ccc(C(=O)N2Cc3ccc(C(=O)N4CCN(CCN(C)C)CC4)n3Cc3ccccc32)cc1C. The van der Waals surface area contributed by atoms with Gasteiger partial charge >= 0.3 is 0 Å². The van der Waals surface area contributed by atoms with Gasteiger partial charge in [0.25, 0.3) is 11.8 Å². The lowest BCUT2D eigenvalue weighted by Gasteiger charge is -2.35. The highest BCUT2D eigenvalue weighted by atomic mass is 16.2. The lowest BCUT2D eigenvalue weighted by Crippen LogP contribution is -2.50. The van der Waals surface area contributed by atoms with Crippen molar-refractivity contribution in [3.8, 4) is 11.1 Å². The first-order valence-corrected chi connectivity index (χ1v) is 15.2. The fraction of sp³-hybridized carbons (Fsp3) is 0.333. The second-order valence-electron chi connectivity index (χ2n) is 12.1. The van der Waals surface area contributed by atoms with E-state index in [2.05, 4.69) is 72.6 Å². The van der Waals surface area contributed by atoms with E-state index in [9.17, 15) is 9.59 Å². The van der Waals surface area contributed by atoms with Crippen LogP contribution in [0.3, 0.4) is 0 Å². The van der Waals surface area contributed by atoms with Crippen molar-refractivity contribution < 1.29 is 9.59 Å². The number of nitrogens with zero attached hydrogens (tertiary/aromatic N) is 5. The van der Waals surface area contributed by atoms with Crippen LogP contribution in [-0.4, -0.2) is 84.4 Å². The topological polar surface area (TPSA) is 52.0 Å². The van der Waals surface area contributed by atoms with E-state index >= 15 is 0 Å². The number of aryl methyl sites for hydroxylation is 2. The van der Waals surface area contributed by atoms with Crippen LogP contribution in [0.4, 0.5) is 5.69 Å². The van der Waals surface area contributed by atoms with Gasteiger partial charge in [0.2, 0.25) is 0 Å². The Labute approximate surface area is 254 Å². The summed E-state index contributed by atoms with van der Waals surface area (Å²) >= 11 is 0. The summed E-state index contributed by atoms with van der Waals surface area (Å²) in [4.78, 5) is 36.4. The Morgan fingerprint density at radius 3 is 2.21 bits per heavy atom. The van der Waals surface area contributed by atoms with Crippen LogP contribution >= 0.6 is 0 Å². The molecule has 2 amide bonds. The average Bonchev–Trinajstić information content (AvgIpc) is 3.32. The maximum Gasteiger partial charge on any atom is 0.270 e. The maximum absolute atomic E-state index is 14.1. The molecule has 2 aliphatic heterocycles. The molecule has 3 heterocycles. The van der Waals surface area contributed by atoms with Crippen molar-refractivity contribution in [2.45, 2.75) is 26.9 Å². The molecule has 4 aromatic rings. The smallest absolute Gasteiger partial charge is 0.270 e. The Balaban J connectivity index is 1.25. The van der Waals surface area contributed by atoms with Crippen molar-refractivity contribution in [2.75, 3.05) is 58.3 Å². The molecule has 7 nitrogen and oxygen atoms in total. The van der Waals surface area contributed by atoms with Crippen LogP contribution in [0.15, 0.2) is 78.9 Å². The van der Waals surface area contributed by atoms with E-state index in [0.29, 0.717) is 24.3 Å².